The van der Waals surface area contributed by atoms with Crippen molar-refractivity contribution < 1.29 is 13.3 Å². The molecule has 584 valence electrons. The zero-order chi connectivity index (χ0) is 84.1. The molecule has 15 aromatic heterocycles. The van der Waals surface area contributed by atoms with Gasteiger partial charge in [-0.25, -0.2) is 69.2 Å². The van der Waals surface area contributed by atoms with Gasteiger partial charge in [-0.15, -0.1) is 11.3 Å². The van der Waals surface area contributed by atoms with Crippen LogP contribution in [-0.4, -0.2) is 136 Å². The van der Waals surface area contributed by atoms with Crippen molar-refractivity contribution in [1.82, 2.24) is 136 Å². The van der Waals surface area contributed by atoms with E-state index in [1.165, 1.54) is 55.0 Å². The second kappa shape index (κ2) is 33.3. The van der Waals surface area contributed by atoms with Gasteiger partial charge in [0.1, 0.15) is 93.6 Å². The molecule has 0 saturated heterocycles. The third-order valence-corrected chi connectivity index (χ3v) is 19.5. The SMILES string of the molecule is N#Cc1nc(-c2cc(Cl)c3[nH]ncc3c2)c(-c2ccno2)nc1N.N#Cc1nc(-c2cc(Cl)c3[nH]ncc3c2)c(-c2cnc[nH]2)nc1N.N#Cc1nc(-c2cc(Cl)c3[nH]ncc3c2)c(-c2cnco2)nc1N.N#Cc1nc(-c2cc(Cl)c3[nH]ncc3c2)c(-c2cncs2)nc1N.N#Cc1nc(-c2cc(F)c3ncccc3c2)c(-c2ncn[nH]2)nc1N. The Morgan fingerprint density at radius 3 is 1.24 bits per heavy atom. The minimum absolute atomic E-state index is 0.0168. The number of anilines is 5. The summed E-state index contributed by atoms with van der Waals surface area (Å²) in [6, 6.07) is 32.1. The number of aromatic nitrogens is 27. The highest BCUT2D eigenvalue weighted by Gasteiger charge is 2.26. The molecule has 5 aromatic carbocycles. The second-order valence-electron chi connectivity index (χ2n) is 24.9. The number of benzene rings is 5. The van der Waals surface area contributed by atoms with Crippen molar-refractivity contribution >= 4 is 141 Å². The first-order valence-electron chi connectivity index (χ1n) is 34.3. The van der Waals surface area contributed by atoms with Crippen LogP contribution in [0.1, 0.15) is 28.5 Å². The fourth-order valence-electron chi connectivity index (χ4n) is 12.1. The lowest BCUT2D eigenvalue weighted by Gasteiger charge is -2.09. The molecule has 0 unspecified atom stereocenters. The Hall–Kier alpha value is -17.3. The Bertz CT molecular complexity index is 6880. The van der Waals surface area contributed by atoms with E-state index < -0.39 is 5.82 Å². The maximum absolute atomic E-state index is 14.4. The second-order valence-corrected chi connectivity index (χ2v) is 27.5. The number of thiazole rings is 1. The number of oxazole rings is 1. The van der Waals surface area contributed by atoms with E-state index in [4.69, 9.17) is 84.0 Å². The molecule has 121 heavy (non-hydrogen) atoms. The molecule has 0 aliphatic rings. The molecule has 0 fully saturated rings. The average Bonchev–Trinajstić information content (AvgIpc) is 1.74. The molecule has 0 spiro atoms. The molecule has 20 aromatic rings. The van der Waals surface area contributed by atoms with Crippen LogP contribution < -0.4 is 28.7 Å². The molecule has 39 nitrogen and oxygen atoms in total. The van der Waals surface area contributed by atoms with Gasteiger partial charge < -0.3 is 42.6 Å². The molecule has 20 rings (SSSR count). The lowest BCUT2D eigenvalue weighted by molar-refractivity contribution is 0.431. The highest BCUT2D eigenvalue weighted by Crippen LogP contribution is 2.41. The Morgan fingerprint density at radius 1 is 0.397 bits per heavy atom. The summed E-state index contributed by atoms with van der Waals surface area (Å²) in [5.74, 6) is 0.710. The lowest BCUT2D eigenvalue weighted by atomic mass is 10.1. The lowest BCUT2D eigenvalue weighted by Crippen LogP contribution is -2.04. The number of pyridine rings is 1. The van der Waals surface area contributed by atoms with E-state index in [0.717, 1.165) is 43.0 Å². The molecular weight excluding hydrogens is 1660 g/mol. The molecule has 0 saturated carbocycles. The van der Waals surface area contributed by atoms with Crippen LogP contribution in [0, 0.1) is 62.5 Å². The summed E-state index contributed by atoms with van der Waals surface area (Å²) < 4.78 is 24.9. The van der Waals surface area contributed by atoms with Crippen LogP contribution >= 0.6 is 57.7 Å². The minimum atomic E-state index is -0.506. The smallest absolute Gasteiger partial charge is 0.187 e. The summed E-state index contributed by atoms with van der Waals surface area (Å²) >= 11 is 26.6. The number of nitriles is 5. The highest BCUT2D eigenvalue weighted by atomic mass is 35.5. The maximum atomic E-state index is 14.4. The predicted octanol–water partition coefficient (Wildman–Crippen LogP) is 13.4. The van der Waals surface area contributed by atoms with Gasteiger partial charge in [0.25, 0.3) is 0 Å². The number of rotatable bonds is 10. The number of hydrogen-bond acceptors (Lipinski definition) is 34. The summed E-state index contributed by atoms with van der Waals surface area (Å²) in [4.78, 5) is 66.8. The molecule has 0 amide bonds. The van der Waals surface area contributed by atoms with Crippen molar-refractivity contribution in [3.05, 3.63) is 214 Å². The van der Waals surface area contributed by atoms with Crippen molar-refractivity contribution in [3.8, 4) is 143 Å². The van der Waals surface area contributed by atoms with Gasteiger partial charge in [-0.3, -0.25) is 35.5 Å². The van der Waals surface area contributed by atoms with Gasteiger partial charge in [0, 0.05) is 73.2 Å². The Morgan fingerprint density at radius 2 is 0.826 bits per heavy atom. The maximum Gasteiger partial charge on any atom is 0.187 e. The molecule has 16 N–H and O–H groups in total. The van der Waals surface area contributed by atoms with E-state index in [2.05, 4.69) is 136 Å². The fourth-order valence-corrected chi connectivity index (χ4v) is 13.8. The molecule has 0 aliphatic heterocycles. The predicted molar refractivity (Wildman–Crippen MR) is 442 cm³/mol. The summed E-state index contributed by atoms with van der Waals surface area (Å²) in [6.45, 7) is 0. The van der Waals surface area contributed by atoms with Gasteiger partial charge in [0.15, 0.2) is 81.3 Å². The average molecular weight is 1700 g/mol. The van der Waals surface area contributed by atoms with Gasteiger partial charge in [-0.05, 0) is 66.7 Å². The van der Waals surface area contributed by atoms with Gasteiger partial charge in [0.05, 0.1) is 119 Å². The molecule has 45 heteroatoms. The van der Waals surface area contributed by atoms with Gasteiger partial charge in [0.2, 0.25) is 0 Å². The van der Waals surface area contributed by atoms with Crippen molar-refractivity contribution in [3.63, 3.8) is 0 Å². The number of halogens is 5. The van der Waals surface area contributed by atoms with Crippen LogP contribution in [0.15, 0.2) is 168 Å². The number of nitrogens with zero attached hydrogens (tertiary/aromatic N) is 26. The van der Waals surface area contributed by atoms with Gasteiger partial charge in [-0.1, -0.05) is 57.6 Å². The van der Waals surface area contributed by atoms with Crippen LogP contribution in [0.2, 0.25) is 20.1 Å². The Labute approximate surface area is 697 Å². The van der Waals surface area contributed by atoms with Crippen LogP contribution in [0.5, 0.6) is 0 Å². The molecule has 0 radical (unpaired) electrons. The van der Waals surface area contributed by atoms with E-state index in [1.54, 1.807) is 91.2 Å². The number of hydrogen-bond donors (Lipinski definition) is 11. The molecule has 0 bridgehead atoms. The molecule has 0 atom stereocenters. The largest absolute Gasteiger partial charge is 0.442 e. The van der Waals surface area contributed by atoms with E-state index in [1.807, 2.05) is 54.6 Å². The zero-order valence-electron chi connectivity index (χ0n) is 60.6. The number of nitrogen functional groups attached to an aromatic ring is 5. The first-order chi connectivity index (χ1) is 58.8. The van der Waals surface area contributed by atoms with Crippen LogP contribution in [-0.2, 0) is 0 Å². The van der Waals surface area contributed by atoms with E-state index in [9.17, 15) is 30.7 Å². The molecular formula is C76H42Cl4FN37O2S. The number of nitrogens with one attached hydrogen (secondary N) is 6. The van der Waals surface area contributed by atoms with Gasteiger partial charge >= 0.3 is 0 Å². The van der Waals surface area contributed by atoms with Gasteiger partial charge in [-0.2, -0.15) is 51.8 Å². The van der Waals surface area contributed by atoms with Crippen LogP contribution in [0.4, 0.5) is 33.5 Å². The molecule has 0 aliphatic carbocycles. The normalized spacial score (nSPS) is 10.8. The zero-order valence-corrected chi connectivity index (χ0v) is 64.5. The summed E-state index contributed by atoms with van der Waals surface area (Å²) in [5, 5.41) is 89.2. The van der Waals surface area contributed by atoms with E-state index in [-0.39, 0.29) is 74.5 Å². The first-order valence-corrected chi connectivity index (χ1v) is 36.7. The van der Waals surface area contributed by atoms with Crippen molar-refractivity contribution in [2.45, 2.75) is 0 Å². The summed E-state index contributed by atoms with van der Waals surface area (Å²) in [6.07, 6.45) is 18.5. The Kier molecular flexibility index (Phi) is 21.4. The summed E-state index contributed by atoms with van der Waals surface area (Å²) in [5.41, 5.74) is 41.9. The van der Waals surface area contributed by atoms with Crippen molar-refractivity contribution in [2.24, 2.45) is 0 Å². The highest BCUT2D eigenvalue weighted by molar-refractivity contribution is 7.13. The van der Waals surface area contributed by atoms with Crippen molar-refractivity contribution in [1.29, 1.82) is 26.3 Å². The number of imidazole rings is 1. The fraction of sp³-hybridized carbons (Fsp3) is 0. The number of aromatic amines is 6. The standard InChI is InChI=1S/C16H9FN8.C15H9ClN8.2C15H8ClN7O.C15H8ClN7S/c17-10-5-9(4-8-2-1-3-20-12(8)10)13-14(16-21-7-22-25-16)24-15(19)11(6-18)23-13;16-9-2-7(1-8-4-21-24-12(8)9)13-14(11-5-19-6-20-11)23-15(18)10(3-17)22-13;16-9-2-7(1-8-4-20-23-12(8)9)13-14(11-5-19-6-24-11)22-15(18)10(3-17)21-13;16-9-4-7(3-8-6-19-23-12(8)9)13-14(11-1-2-20-24-11)22-15(18)10(5-17)21-13;16-9-2-7(1-8-4-20-23-12(8)9)13-14(11-5-19-6-24-11)22-15(18)10(3-17)21-13/h1-5,7H,(H2,19,24)(H,21,22,25);1-2,4-6H,(H2,18,23)(H,19,20)(H,21,24);1-2,4-6H,(H2,18,22)(H,20,23);1-4,6H,(H2,18,22)(H,19,23);1-2,4-6H,(H2,18,22)(H,20,23). The molecule has 15 heterocycles. The third kappa shape index (κ3) is 15.6. The van der Waals surface area contributed by atoms with Crippen LogP contribution in [0.25, 0.3) is 167 Å². The topological polar surface area (TPSA) is 641 Å². The van der Waals surface area contributed by atoms with E-state index >= 15 is 0 Å². The number of H-pyrrole nitrogens is 6. The van der Waals surface area contributed by atoms with E-state index in [0.29, 0.717) is 127 Å². The third-order valence-electron chi connectivity index (χ3n) is 17.6. The monoisotopic (exact) mass is 1700 g/mol. The first kappa shape index (κ1) is 77.7. The number of fused-ring (bicyclic) bond motifs is 5. The van der Waals surface area contributed by atoms with Crippen molar-refractivity contribution in [2.75, 3.05) is 28.7 Å². The van der Waals surface area contributed by atoms with Crippen LogP contribution in [0.3, 0.4) is 0 Å². The Balaban J connectivity index is 0.000000112. The summed E-state index contributed by atoms with van der Waals surface area (Å²) in [7, 11) is 0. The quantitative estimate of drug-likeness (QED) is 0.0606. The minimum Gasteiger partial charge on any atom is -0.442 e. The number of nitrogens with two attached hydrogens (primary N) is 5.